The average molecular weight is 246 g/mol. The van der Waals surface area contributed by atoms with Gasteiger partial charge in [-0.15, -0.1) is 6.42 Å². The van der Waals surface area contributed by atoms with Crippen molar-refractivity contribution in [2.24, 2.45) is 0 Å². The standard InChI is InChI=1S/C9H7FO3S2/c1-2-7-3-8(6-14)5-9(4-7)13-15(10,11)12/h1,3-5,14H,6H2. The Balaban J connectivity index is 3.14. The second-order valence-electron chi connectivity index (χ2n) is 2.64. The van der Waals surface area contributed by atoms with E-state index < -0.39 is 10.5 Å². The van der Waals surface area contributed by atoms with E-state index in [1.54, 1.807) is 6.07 Å². The third-order valence-electron chi connectivity index (χ3n) is 1.51. The largest absolute Gasteiger partial charge is 0.488 e. The highest BCUT2D eigenvalue weighted by Crippen LogP contribution is 2.20. The lowest BCUT2D eigenvalue weighted by Crippen LogP contribution is -2.01. The first kappa shape index (κ1) is 11.9. The summed E-state index contributed by atoms with van der Waals surface area (Å²) in [6.45, 7) is 0. The molecule has 0 aromatic heterocycles. The van der Waals surface area contributed by atoms with Crippen molar-refractivity contribution in [3.8, 4) is 18.1 Å². The lowest BCUT2D eigenvalue weighted by Gasteiger charge is -2.03. The summed E-state index contributed by atoms with van der Waals surface area (Å²) in [4.78, 5) is 0. The molecule has 0 aliphatic carbocycles. The minimum absolute atomic E-state index is 0.156. The highest BCUT2D eigenvalue weighted by molar-refractivity contribution is 7.81. The molecule has 0 spiro atoms. The Labute approximate surface area is 93.1 Å². The zero-order valence-electron chi connectivity index (χ0n) is 7.47. The third kappa shape index (κ3) is 3.81. The molecule has 1 aromatic carbocycles. The van der Waals surface area contributed by atoms with Crippen molar-refractivity contribution >= 4 is 23.1 Å². The van der Waals surface area contributed by atoms with E-state index in [0.29, 0.717) is 16.9 Å². The fourth-order valence-electron chi connectivity index (χ4n) is 0.998. The molecule has 0 saturated heterocycles. The van der Waals surface area contributed by atoms with Gasteiger partial charge in [-0.05, 0) is 23.8 Å². The Kier molecular flexibility index (Phi) is 3.61. The van der Waals surface area contributed by atoms with Crippen molar-refractivity contribution in [2.75, 3.05) is 0 Å². The second kappa shape index (κ2) is 4.55. The van der Waals surface area contributed by atoms with Gasteiger partial charge in [0, 0.05) is 11.3 Å². The molecule has 15 heavy (non-hydrogen) atoms. The molecule has 0 N–H and O–H groups in total. The Morgan fingerprint density at radius 1 is 1.47 bits per heavy atom. The minimum atomic E-state index is -5.02. The lowest BCUT2D eigenvalue weighted by molar-refractivity contribution is 0.440. The van der Waals surface area contributed by atoms with E-state index in [1.807, 2.05) is 0 Å². The maximum atomic E-state index is 12.2. The Hall–Kier alpha value is -1.19. The normalized spacial score (nSPS) is 10.7. The molecule has 0 bridgehead atoms. The monoisotopic (exact) mass is 246 g/mol. The van der Waals surface area contributed by atoms with Gasteiger partial charge in [-0.25, -0.2) is 0 Å². The van der Waals surface area contributed by atoms with Crippen molar-refractivity contribution in [2.45, 2.75) is 5.75 Å². The van der Waals surface area contributed by atoms with Gasteiger partial charge >= 0.3 is 10.5 Å². The second-order valence-corrected chi connectivity index (χ2v) is 3.91. The predicted octanol–water partition coefficient (Wildman–Crippen LogP) is 1.69. The molecule has 0 heterocycles. The van der Waals surface area contributed by atoms with E-state index in [2.05, 4.69) is 22.7 Å². The van der Waals surface area contributed by atoms with Gasteiger partial charge in [-0.2, -0.15) is 21.0 Å². The van der Waals surface area contributed by atoms with Gasteiger partial charge in [-0.1, -0.05) is 9.81 Å². The van der Waals surface area contributed by atoms with Crippen molar-refractivity contribution in [1.82, 2.24) is 0 Å². The average Bonchev–Trinajstić information content (AvgIpc) is 2.14. The molecule has 0 radical (unpaired) electrons. The number of hydrogen-bond acceptors (Lipinski definition) is 4. The van der Waals surface area contributed by atoms with Crippen LogP contribution < -0.4 is 4.18 Å². The summed E-state index contributed by atoms with van der Waals surface area (Å²) in [5.41, 5.74) is 1.05. The van der Waals surface area contributed by atoms with Crippen molar-refractivity contribution in [3.63, 3.8) is 0 Å². The topological polar surface area (TPSA) is 43.4 Å². The van der Waals surface area contributed by atoms with Gasteiger partial charge in [0.2, 0.25) is 0 Å². The number of benzene rings is 1. The number of rotatable bonds is 3. The summed E-state index contributed by atoms with van der Waals surface area (Å²) < 4.78 is 36.8. The smallest absolute Gasteiger partial charge is 0.358 e. The number of hydrogen-bond donors (Lipinski definition) is 1. The zero-order chi connectivity index (χ0) is 11.5. The van der Waals surface area contributed by atoms with Gasteiger partial charge in [0.1, 0.15) is 5.75 Å². The van der Waals surface area contributed by atoms with Crippen LogP contribution in [0.2, 0.25) is 0 Å². The maximum absolute atomic E-state index is 12.2. The Bertz CT molecular complexity index is 503. The molecule has 0 amide bonds. The Morgan fingerprint density at radius 3 is 2.60 bits per heavy atom. The molecule has 0 fully saturated rings. The molecule has 6 heteroatoms. The summed E-state index contributed by atoms with van der Waals surface area (Å²) in [5, 5.41) is 0. The zero-order valence-corrected chi connectivity index (χ0v) is 9.19. The molecule has 3 nitrogen and oxygen atoms in total. The van der Waals surface area contributed by atoms with Crippen LogP contribution >= 0.6 is 12.6 Å². The van der Waals surface area contributed by atoms with Gasteiger partial charge in [0.25, 0.3) is 0 Å². The first-order valence-electron chi connectivity index (χ1n) is 3.80. The van der Waals surface area contributed by atoms with E-state index in [-0.39, 0.29) is 5.75 Å². The van der Waals surface area contributed by atoms with E-state index in [4.69, 9.17) is 6.42 Å². The number of thiol groups is 1. The molecule has 0 unspecified atom stereocenters. The molecule has 1 rings (SSSR count). The van der Waals surface area contributed by atoms with Crippen LogP contribution in [0.5, 0.6) is 5.75 Å². The van der Waals surface area contributed by atoms with Crippen LogP contribution in [0, 0.1) is 12.3 Å². The van der Waals surface area contributed by atoms with Crippen molar-refractivity contribution in [1.29, 1.82) is 0 Å². The molecular weight excluding hydrogens is 239 g/mol. The first-order valence-corrected chi connectivity index (χ1v) is 5.74. The quantitative estimate of drug-likeness (QED) is 0.501. The molecule has 80 valence electrons. The summed E-state index contributed by atoms with van der Waals surface area (Å²) in [7, 11) is -5.02. The Morgan fingerprint density at radius 2 is 2.13 bits per heavy atom. The van der Waals surface area contributed by atoms with Gasteiger partial charge in [-0.3, -0.25) is 0 Å². The van der Waals surface area contributed by atoms with E-state index >= 15 is 0 Å². The van der Waals surface area contributed by atoms with Crippen molar-refractivity contribution in [3.05, 3.63) is 29.3 Å². The molecule has 0 aliphatic heterocycles. The van der Waals surface area contributed by atoms with E-state index in [0.717, 1.165) is 0 Å². The van der Waals surface area contributed by atoms with E-state index in [1.165, 1.54) is 12.1 Å². The molecule has 0 aliphatic rings. The lowest BCUT2D eigenvalue weighted by atomic mass is 10.1. The molecular formula is C9H7FO3S2. The maximum Gasteiger partial charge on any atom is 0.488 e. The van der Waals surface area contributed by atoms with E-state index in [9.17, 15) is 12.3 Å². The summed E-state index contributed by atoms with van der Waals surface area (Å²) >= 11 is 3.99. The molecule has 0 saturated carbocycles. The number of halogens is 1. The summed E-state index contributed by atoms with van der Waals surface area (Å²) in [5.74, 6) is 2.49. The van der Waals surface area contributed by atoms with Crippen LogP contribution in [-0.4, -0.2) is 8.42 Å². The predicted molar refractivity (Wildman–Crippen MR) is 57.7 cm³/mol. The van der Waals surface area contributed by atoms with Gasteiger partial charge in [0.15, 0.2) is 0 Å². The van der Waals surface area contributed by atoms with Crippen LogP contribution in [0.15, 0.2) is 18.2 Å². The third-order valence-corrected chi connectivity index (χ3v) is 2.27. The fourth-order valence-corrected chi connectivity index (χ4v) is 1.51. The van der Waals surface area contributed by atoms with Crippen LogP contribution in [-0.2, 0) is 16.3 Å². The van der Waals surface area contributed by atoms with Crippen LogP contribution in [0.1, 0.15) is 11.1 Å². The van der Waals surface area contributed by atoms with Gasteiger partial charge in [0.05, 0.1) is 0 Å². The highest BCUT2D eigenvalue weighted by Gasteiger charge is 2.10. The SMILES string of the molecule is C#Cc1cc(CS)cc(OS(=O)(=O)F)c1. The summed E-state index contributed by atoms with van der Waals surface area (Å²) in [6, 6.07) is 4.24. The summed E-state index contributed by atoms with van der Waals surface area (Å²) in [6.07, 6.45) is 5.13. The first-order chi connectivity index (χ1) is 6.94. The minimum Gasteiger partial charge on any atom is -0.358 e. The molecule has 0 atom stereocenters. The number of terminal acetylenes is 1. The van der Waals surface area contributed by atoms with Gasteiger partial charge < -0.3 is 4.18 Å². The molecule has 1 aromatic rings. The highest BCUT2D eigenvalue weighted by atomic mass is 32.3. The van der Waals surface area contributed by atoms with Crippen LogP contribution in [0.3, 0.4) is 0 Å². The van der Waals surface area contributed by atoms with Crippen LogP contribution in [0.25, 0.3) is 0 Å². The van der Waals surface area contributed by atoms with Crippen LogP contribution in [0.4, 0.5) is 3.89 Å². The fraction of sp³-hybridized carbons (Fsp3) is 0.111. The van der Waals surface area contributed by atoms with Crippen molar-refractivity contribution < 1.29 is 16.5 Å².